The molecular formula is C7H16Br2Si. The minimum Gasteiger partial charge on any atom is -0.0802 e. The van der Waals surface area contributed by atoms with Gasteiger partial charge in [-0.1, -0.05) is 65.7 Å². The Hall–Kier alpha value is 1.18. The molecule has 0 fully saturated rings. The van der Waals surface area contributed by atoms with E-state index in [0.717, 1.165) is 0 Å². The lowest BCUT2D eigenvalue weighted by Gasteiger charge is -2.38. The summed E-state index contributed by atoms with van der Waals surface area (Å²) in [4.78, 5) is 0. The van der Waals surface area contributed by atoms with E-state index in [2.05, 4.69) is 65.7 Å². The summed E-state index contributed by atoms with van der Waals surface area (Å²) >= 11 is 7.22. The van der Waals surface area contributed by atoms with Crippen molar-refractivity contribution in [3.8, 4) is 0 Å². The Morgan fingerprint density at radius 1 is 1.10 bits per heavy atom. The number of rotatable bonds is 1. The maximum atomic E-state index is 3.61. The van der Waals surface area contributed by atoms with Crippen LogP contribution in [0.25, 0.3) is 0 Å². The molecule has 0 atom stereocenters. The highest BCUT2D eigenvalue weighted by molar-refractivity contribution is 9.25. The van der Waals surface area contributed by atoms with Gasteiger partial charge in [-0.15, -0.1) is 0 Å². The fraction of sp³-hybridized carbons (Fsp3) is 1.00. The van der Waals surface area contributed by atoms with Crippen molar-refractivity contribution in [3.05, 3.63) is 0 Å². The first-order valence-electron chi connectivity index (χ1n) is 3.48. The van der Waals surface area contributed by atoms with Gasteiger partial charge in [-0.25, -0.2) is 0 Å². The summed E-state index contributed by atoms with van der Waals surface area (Å²) in [5.41, 5.74) is 0. The van der Waals surface area contributed by atoms with E-state index in [1.54, 1.807) is 0 Å². The maximum Gasteiger partial charge on any atom is 0.0813 e. The molecule has 0 amide bonds. The molecule has 0 N–H and O–H groups in total. The minimum absolute atomic E-state index is 0.463. The van der Waals surface area contributed by atoms with Crippen molar-refractivity contribution in [2.24, 2.45) is 0 Å². The molecular weight excluding hydrogens is 272 g/mol. The van der Waals surface area contributed by atoms with Crippen LogP contribution in [0.3, 0.4) is 0 Å². The number of halogens is 2. The van der Waals surface area contributed by atoms with E-state index >= 15 is 0 Å². The van der Waals surface area contributed by atoms with Gasteiger partial charge in [-0.3, -0.25) is 0 Å². The van der Waals surface area contributed by atoms with Crippen LogP contribution in [0.4, 0.5) is 0 Å². The molecule has 0 spiro atoms. The molecule has 0 radical (unpaired) electrons. The molecule has 0 unspecified atom stereocenters. The SMILES string of the molecule is CC(C)(C)[Si](C)(C)C(Br)Br. The van der Waals surface area contributed by atoms with Crippen LogP contribution in [-0.2, 0) is 0 Å². The summed E-state index contributed by atoms with van der Waals surface area (Å²) in [5.74, 6) is 0. The predicted octanol–water partition coefficient (Wildman–Crippen LogP) is 4.15. The lowest BCUT2D eigenvalue weighted by atomic mass is 10.2. The van der Waals surface area contributed by atoms with Crippen molar-refractivity contribution in [1.82, 2.24) is 0 Å². The van der Waals surface area contributed by atoms with E-state index in [1.165, 1.54) is 0 Å². The first-order chi connectivity index (χ1) is 4.19. The normalized spacial score (nSPS) is 14.4. The predicted molar refractivity (Wildman–Crippen MR) is 58.8 cm³/mol. The zero-order valence-corrected chi connectivity index (χ0v) is 11.5. The third-order valence-corrected chi connectivity index (χ3v) is 14.3. The van der Waals surface area contributed by atoms with E-state index in [0.29, 0.717) is 8.40 Å². The first-order valence-corrected chi connectivity index (χ1v) is 8.38. The molecule has 0 bridgehead atoms. The standard InChI is InChI=1S/C7H16Br2Si/c1-7(2,3)10(4,5)6(8)9/h6H,1-5H3. The van der Waals surface area contributed by atoms with Crippen LogP contribution in [-0.4, -0.2) is 11.4 Å². The Kier molecular flexibility index (Phi) is 3.66. The molecule has 0 aromatic heterocycles. The van der Waals surface area contributed by atoms with Crippen molar-refractivity contribution in [1.29, 1.82) is 0 Å². The van der Waals surface area contributed by atoms with Crippen molar-refractivity contribution in [2.75, 3.05) is 0 Å². The van der Waals surface area contributed by atoms with E-state index in [4.69, 9.17) is 0 Å². The monoisotopic (exact) mass is 286 g/mol. The summed E-state index contributed by atoms with van der Waals surface area (Å²) in [5, 5.41) is 0.463. The van der Waals surface area contributed by atoms with Gasteiger partial charge < -0.3 is 0 Å². The van der Waals surface area contributed by atoms with Gasteiger partial charge in [-0.2, -0.15) is 0 Å². The van der Waals surface area contributed by atoms with Gasteiger partial charge in [0.05, 0.1) is 11.4 Å². The molecule has 0 aliphatic heterocycles. The molecule has 0 aliphatic carbocycles. The molecule has 10 heavy (non-hydrogen) atoms. The molecule has 0 rings (SSSR count). The van der Waals surface area contributed by atoms with Gasteiger partial charge in [0.15, 0.2) is 0 Å². The fourth-order valence-corrected chi connectivity index (χ4v) is 5.10. The zero-order valence-electron chi connectivity index (χ0n) is 7.33. The van der Waals surface area contributed by atoms with Gasteiger partial charge in [0.25, 0.3) is 0 Å². The highest BCUT2D eigenvalue weighted by Gasteiger charge is 2.39. The molecule has 62 valence electrons. The molecule has 0 aromatic rings. The van der Waals surface area contributed by atoms with E-state index in [9.17, 15) is 0 Å². The van der Waals surface area contributed by atoms with Gasteiger partial charge in [0, 0.05) is 0 Å². The molecule has 0 saturated carbocycles. The van der Waals surface area contributed by atoms with Crippen LogP contribution in [0.15, 0.2) is 0 Å². The van der Waals surface area contributed by atoms with Gasteiger partial charge in [0.2, 0.25) is 0 Å². The summed E-state index contributed by atoms with van der Waals surface area (Å²) in [6, 6.07) is 0. The summed E-state index contributed by atoms with van der Waals surface area (Å²) in [6.45, 7) is 11.7. The third kappa shape index (κ3) is 2.34. The Bertz CT molecular complexity index is 113. The molecule has 3 heteroatoms. The van der Waals surface area contributed by atoms with Crippen LogP contribution in [0.1, 0.15) is 20.8 Å². The van der Waals surface area contributed by atoms with Crippen LogP contribution < -0.4 is 0 Å². The van der Waals surface area contributed by atoms with E-state index < -0.39 is 8.07 Å². The topological polar surface area (TPSA) is 0 Å². The Labute approximate surface area is 82.0 Å². The second-order valence-electron chi connectivity index (χ2n) is 4.27. The third-order valence-electron chi connectivity index (χ3n) is 2.48. The second-order valence-corrected chi connectivity index (χ2v) is 14.5. The summed E-state index contributed by atoms with van der Waals surface area (Å²) in [7, 11) is -1.15. The highest BCUT2D eigenvalue weighted by Crippen LogP contribution is 2.42. The van der Waals surface area contributed by atoms with Gasteiger partial charge >= 0.3 is 0 Å². The first kappa shape index (κ1) is 11.2. The molecule has 0 aliphatic rings. The Morgan fingerprint density at radius 3 is 1.40 bits per heavy atom. The number of hydrogen-bond acceptors (Lipinski definition) is 0. The molecule has 0 aromatic carbocycles. The minimum atomic E-state index is -1.15. The van der Waals surface area contributed by atoms with Gasteiger partial charge in [-0.05, 0) is 5.04 Å². The average Bonchev–Trinajstić information content (AvgIpc) is 1.62. The summed E-state index contributed by atoms with van der Waals surface area (Å²) < 4.78 is 0.521. The van der Waals surface area contributed by atoms with Crippen LogP contribution in [0.5, 0.6) is 0 Å². The quantitative estimate of drug-likeness (QED) is 0.502. The fourth-order valence-electron chi connectivity index (χ4n) is 0.327. The van der Waals surface area contributed by atoms with Crippen molar-refractivity contribution >= 4 is 39.9 Å². The highest BCUT2D eigenvalue weighted by atomic mass is 79.9. The smallest absolute Gasteiger partial charge is 0.0802 e. The maximum absolute atomic E-state index is 3.61. The largest absolute Gasteiger partial charge is 0.0813 e. The molecule has 0 saturated heterocycles. The number of alkyl halides is 2. The second kappa shape index (κ2) is 3.28. The van der Waals surface area contributed by atoms with Crippen LogP contribution >= 0.6 is 31.9 Å². The van der Waals surface area contributed by atoms with Crippen molar-refractivity contribution in [3.63, 3.8) is 0 Å². The Morgan fingerprint density at radius 2 is 1.40 bits per heavy atom. The Balaban J connectivity index is 4.40. The average molecular weight is 288 g/mol. The summed E-state index contributed by atoms with van der Waals surface area (Å²) in [6.07, 6.45) is 0. The van der Waals surface area contributed by atoms with Gasteiger partial charge in [0.1, 0.15) is 0 Å². The van der Waals surface area contributed by atoms with Crippen molar-refractivity contribution < 1.29 is 0 Å². The van der Waals surface area contributed by atoms with E-state index in [1.807, 2.05) is 0 Å². The lowest BCUT2D eigenvalue weighted by Crippen LogP contribution is -2.43. The zero-order chi connectivity index (χ0) is 8.58. The molecule has 0 nitrogen and oxygen atoms in total. The van der Waals surface area contributed by atoms with Crippen LogP contribution in [0.2, 0.25) is 18.1 Å². The van der Waals surface area contributed by atoms with Crippen molar-refractivity contribution in [2.45, 2.75) is 42.3 Å². The van der Waals surface area contributed by atoms with E-state index in [-0.39, 0.29) is 0 Å². The molecule has 0 heterocycles. The lowest BCUT2D eigenvalue weighted by molar-refractivity contribution is 0.722. The van der Waals surface area contributed by atoms with Crippen LogP contribution in [0, 0.1) is 0 Å². The number of hydrogen-bond donors (Lipinski definition) is 0.